The van der Waals surface area contributed by atoms with Crippen molar-refractivity contribution in [3.8, 4) is 0 Å². The fourth-order valence-corrected chi connectivity index (χ4v) is 2.75. The van der Waals surface area contributed by atoms with E-state index >= 15 is 0 Å². The van der Waals surface area contributed by atoms with Crippen molar-refractivity contribution in [1.29, 1.82) is 0 Å². The summed E-state index contributed by atoms with van der Waals surface area (Å²) in [6, 6.07) is 0. The molecule has 1 saturated carbocycles. The van der Waals surface area contributed by atoms with Gasteiger partial charge in [0.15, 0.2) is 0 Å². The van der Waals surface area contributed by atoms with Crippen LogP contribution in [0.1, 0.15) is 32.6 Å². The van der Waals surface area contributed by atoms with Gasteiger partial charge >= 0.3 is 5.97 Å². The Morgan fingerprint density at radius 1 is 1.57 bits per heavy atom. The number of hydrogen-bond donors (Lipinski definition) is 1. The highest BCUT2D eigenvalue weighted by atomic mass is 16.6. The van der Waals surface area contributed by atoms with Crippen LogP contribution in [0.15, 0.2) is 0 Å². The second-order valence-corrected chi connectivity index (χ2v) is 4.47. The van der Waals surface area contributed by atoms with Gasteiger partial charge in [-0.15, -0.1) is 0 Å². The first-order chi connectivity index (χ1) is 6.54. The van der Waals surface area contributed by atoms with Crippen LogP contribution >= 0.6 is 0 Å². The third kappa shape index (κ3) is 1.21. The Morgan fingerprint density at radius 3 is 2.93 bits per heavy atom. The minimum atomic E-state index is -0.708. The molecule has 0 aromatic rings. The van der Waals surface area contributed by atoms with Crippen molar-refractivity contribution >= 4 is 11.9 Å². The fraction of sp³-hybridized carbons (Fsp3) is 0.800. The number of primary amides is 1. The molecule has 0 spiro atoms. The molecule has 1 saturated heterocycles. The van der Waals surface area contributed by atoms with E-state index in [2.05, 4.69) is 0 Å². The van der Waals surface area contributed by atoms with E-state index in [0.29, 0.717) is 0 Å². The SMILES string of the molecule is C[C@]12CCCC[C@@H]1[C@H](C(N)=O)C(=O)O2. The smallest absolute Gasteiger partial charge is 0.319 e. The summed E-state index contributed by atoms with van der Waals surface area (Å²) in [5.74, 6) is -1.67. The second kappa shape index (κ2) is 2.97. The average molecular weight is 197 g/mol. The highest BCUT2D eigenvalue weighted by Gasteiger charge is 2.55. The largest absolute Gasteiger partial charge is 0.458 e. The van der Waals surface area contributed by atoms with Crippen LogP contribution in [0.5, 0.6) is 0 Å². The normalized spacial score (nSPS) is 41.6. The molecule has 0 aromatic carbocycles. The van der Waals surface area contributed by atoms with Gasteiger partial charge in [-0.05, 0) is 26.2 Å². The Bertz CT molecular complexity index is 289. The zero-order valence-electron chi connectivity index (χ0n) is 8.29. The van der Waals surface area contributed by atoms with Gasteiger partial charge in [0, 0.05) is 5.92 Å². The number of rotatable bonds is 1. The van der Waals surface area contributed by atoms with Gasteiger partial charge in [0.05, 0.1) is 0 Å². The van der Waals surface area contributed by atoms with Gasteiger partial charge in [-0.25, -0.2) is 0 Å². The molecule has 0 bridgehead atoms. The number of carbonyl (C=O) groups is 2. The Labute approximate surface area is 82.8 Å². The van der Waals surface area contributed by atoms with Crippen molar-refractivity contribution < 1.29 is 14.3 Å². The van der Waals surface area contributed by atoms with Crippen LogP contribution in [0.3, 0.4) is 0 Å². The molecule has 1 amide bonds. The van der Waals surface area contributed by atoms with E-state index in [1.54, 1.807) is 0 Å². The molecule has 2 rings (SSSR count). The summed E-state index contributed by atoms with van der Waals surface area (Å²) in [6.45, 7) is 1.91. The first-order valence-electron chi connectivity index (χ1n) is 5.07. The summed E-state index contributed by atoms with van der Waals surface area (Å²) in [6.07, 6.45) is 3.84. The molecule has 4 heteroatoms. The van der Waals surface area contributed by atoms with E-state index in [4.69, 9.17) is 10.5 Å². The van der Waals surface area contributed by atoms with Crippen LogP contribution in [0.4, 0.5) is 0 Å². The van der Waals surface area contributed by atoms with Crippen molar-refractivity contribution in [1.82, 2.24) is 0 Å². The van der Waals surface area contributed by atoms with E-state index < -0.39 is 23.4 Å². The zero-order chi connectivity index (χ0) is 10.3. The van der Waals surface area contributed by atoms with Crippen LogP contribution in [-0.4, -0.2) is 17.5 Å². The van der Waals surface area contributed by atoms with Crippen LogP contribution in [0.25, 0.3) is 0 Å². The number of hydrogen-bond acceptors (Lipinski definition) is 3. The molecule has 4 nitrogen and oxygen atoms in total. The predicted molar refractivity (Wildman–Crippen MR) is 49.1 cm³/mol. The number of amides is 1. The first kappa shape index (κ1) is 9.49. The number of nitrogens with two attached hydrogens (primary N) is 1. The maximum atomic E-state index is 11.5. The lowest BCUT2D eigenvalue weighted by Crippen LogP contribution is -2.40. The molecular formula is C10H15NO3. The molecule has 0 aromatic heterocycles. The lowest BCUT2D eigenvalue weighted by Gasteiger charge is -2.34. The monoisotopic (exact) mass is 197 g/mol. The molecule has 0 radical (unpaired) electrons. The number of carbonyl (C=O) groups excluding carboxylic acids is 2. The molecule has 0 unspecified atom stereocenters. The van der Waals surface area contributed by atoms with Crippen LogP contribution < -0.4 is 5.73 Å². The summed E-state index contributed by atoms with van der Waals surface area (Å²) in [7, 11) is 0. The summed E-state index contributed by atoms with van der Waals surface area (Å²) >= 11 is 0. The molecule has 1 aliphatic heterocycles. The first-order valence-corrected chi connectivity index (χ1v) is 5.07. The van der Waals surface area contributed by atoms with Crippen LogP contribution in [0, 0.1) is 11.8 Å². The third-order valence-electron chi connectivity index (χ3n) is 3.52. The lowest BCUT2D eigenvalue weighted by molar-refractivity contribution is -0.152. The van der Waals surface area contributed by atoms with Gasteiger partial charge in [0.1, 0.15) is 11.5 Å². The van der Waals surface area contributed by atoms with Gasteiger partial charge < -0.3 is 10.5 Å². The van der Waals surface area contributed by atoms with Gasteiger partial charge in [-0.3, -0.25) is 9.59 Å². The van der Waals surface area contributed by atoms with Crippen molar-refractivity contribution in [2.24, 2.45) is 17.6 Å². The van der Waals surface area contributed by atoms with E-state index in [-0.39, 0.29) is 5.92 Å². The molecule has 3 atom stereocenters. The standard InChI is InChI=1S/C10H15NO3/c1-10-5-3-2-4-6(10)7(8(11)12)9(13)14-10/h6-7H,2-5H2,1H3,(H2,11,12)/t6-,7-,10+/m1/s1. The quantitative estimate of drug-likeness (QED) is 0.494. The van der Waals surface area contributed by atoms with Gasteiger partial charge in [-0.2, -0.15) is 0 Å². The maximum Gasteiger partial charge on any atom is 0.319 e. The summed E-state index contributed by atoms with van der Waals surface area (Å²) in [5, 5.41) is 0. The Hall–Kier alpha value is -1.06. The highest BCUT2D eigenvalue weighted by molar-refractivity contribution is 5.99. The van der Waals surface area contributed by atoms with E-state index in [9.17, 15) is 9.59 Å². The topological polar surface area (TPSA) is 69.4 Å². The molecule has 2 aliphatic rings. The van der Waals surface area contributed by atoms with Gasteiger partial charge in [0.25, 0.3) is 0 Å². The van der Waals surface area contributed by atoms with Gasteiger partial charge in [-0.1, -0.05) is 6.42 Å². The molecule has 1 aliphatic carbocycles. The summed E-state index contributed by atoms with van der Waals surface area (Å²) in [4.78, 5) is 22.6. The van der Waals surface area contributed by atoms with E-state index in [1.165, 1.54) is 0 Å². The minimum absolute atomic E-state index is 0.00116. The molecular weight excluding hydrogens is 182 g/mol. The molecule has 14 heavy (non-hydrogen) atoms. The number of fused-ring (bicyclic) bond motifs is 1. The number of esters is 1. The highest BCUT2D eigenvalue weighted by Crippen LogP contribution is 2.46. The van der Waals surface area contributed by atoms with Crippen LogP contribution in [0.2, 0.25) is 0 Å². The number of ether oxygens (including phenoxy) is 1. The lowest BCUT2D eigenvalue weighted by atomic mass is 9.72. The predicted octanol–water partition coefficient (Wildman–Crippen LogP) is 0.594. The zero-order valence-corrected chi connectivity index (χ0v) is 8.29. The van der Waals surface area contributed by atoms with E-state index in [0.717, 1.165) is 25.7 Å². The third-order valence-corrected chi connectivity index (χ3v) is 3.52. The van der Waals surface area contributed by atoms with Crippen LogP contribution in [-0.2, 0) is 14.3 Å². The van der Waals surface area contributed by atoms with Crippen molar-refractivity contribution in [3.63, 3.8) is 0 Å². The average Bonchev–Trinajstić information content (AvgIpc) is 2.34. The molecule has 2 N–H and O–H groups in total. The molecule has 2 fully saturated rings. The molecule has 78 valence electrons. The fourth-order valence-electron chi connectivity index (χ4n) is 2.75. The maximum absolute atomic E-state index is 11.5. The van der Waals surface area contributed by atoms with E-state index in [1.807, 2.05) is 6.92 Å². The summed E-state index contributed by atoms with van der Waals surface area (Å²) in [5.41, 5.74) is 4.78. The van der Waals surface area contributed by atoms with Crippen molar-refractivity contribution in [2.75, 3.05) is 0 Å². The Morgan fingerprint density at radius 2 is 2.29 bits per heavy atom. The van der Waals surface area contributed by atoms with Gasteiger partial charge in [0.2, 0.25) is 5.91 Å². The van der Waals surface area contributed by atoms with Crippen molar-refractivity contribution in [3.05, 3.63) is 0 Å². The second-order valence-electron chi connectivity index (χ2n) is 4.47. The Kier molecular flexibility index (Phi) is 2.01. The Balaban J connectivity index is 2.29. The minimum Gasteiger partial charge on any atom is -0.458 e. The molecule has 1 heterocycles. The van der Waals surface area contributed by atoms with Crippen molar-refractivity contribution in [2.45, 2.75) is 38.2 Å². The summed E-state index contributed by atoms with van der Waals surface area (Å²) < 4.78 is 5.29.